The van der Waals surface area contributed by atoms with Gasteiger partial charge in [0.25, 0.3) is 5.56 Å². The number of halogens is 1. The van der Waals surface area contributed by atoms with Gasteiger partial charge in [0.05, 0.1) is 17.1 Å². The van der Waals surface area contributed by atoms with Crippen molar-refractivity contribution in [3.8, 4) is 0 Å². The maximum absolute atomic E-state index is 13.5. The fourth-order valence-electron chi connectivity index (χ4n) is 4.58. The summed E-state index contributed by atoms with van der Waals surface area (Å²) in [7, 11) is 0. The number of aromatic nitrogens is 3. The molecule has 0 unspecified atom stereocenters. The molecular formula is C30H28BrN5O2. The summed E-state index contributed by atoms with van der Waals surface area (Å²) >= 11 is 3.46. The molecule has 0 aliphatic rings. The number of amides is 1. The summed E-state index contributed by atoms with van der Waals surface area (Å²) in [5.41, 5.74) is 3.84. The van der Waals surface area contributed by atoms with Gasteiger partial charge in [0.1, 0.15) is 12.4 Å². The zero-order chi connectivity index (χ0) is 26.8. The average molecular weight is 570 g/mol. The minimum atomic E-state index is -0.216. The van der Waals surface area contributed by atoms with Crippen molar-refractivity contribution in [1.82, 2.24) is 14.2 Å². The average Bonchev–Trinajstić information content (AvgIpc) is 3.18. The monoisotopic (exact) mass is 569 g/mol. The van der Waals surface area contributed by atoms with Crippen LogP contribution in [0.4, 0.5) is 5.69 Å². The van der Waals surface area contributed by atoms with E-state index < -0.39 is 0 Å². The number of nitrogens with zero attached hydrogens (tertiary/aromatic N) is 4. The lowest BCUT2D eigenvalue weighted by Gasteiger charge is -2.14. The van der Waals surface area contributed by atoms with Crippen molar-refractivity contribution in [2.45, 2.75) is 39.7 Å². The van der Waals surface area contributed by atoms with Gasteiger partial charge in [0, 0.05) is 38.2 Å². The molecule has 3 aromatic carbocycles. The zero-order valence-corrected chi connectivity index (χ0v) is 23.1. The summed E-state index contributed by atoms with van der Waals surface area (Å²) in [5.74, 6) is 0.535. The van der Waals surface area contributed by atoms with Crippen LogP contribution >= 0.6 is 15.9 Å². The highest BCUT2D eigenvalue weighted by atomic mass is 79.9. The summed E-state index contributed by atoms with van der Waals surface area (Å²) in [6, 6.07) is 22.8. The molecule has 2 heterocycles. The van der Waals surface area contributed by atoms with E-state index in [0.29, 0.717) is 16.7 Å². The van der Waals surface area contributed by atoms with Crippen LogP contribution in [-0.4, -0.2) is 26.3 Å². The van der Waals surface area contributed by atoms with Gasteiger partial charge in [0.2, 0.25) is 5.91 Å². The van der Waals surface area contributed by atoms with Gasteiger partial charge >= 0.3 is 0 Å². The summed E-state index contributed by atoms with van der Waals surface area (Å²) in [6.45, 7) is 6.22. The first-order chi connectivity index (χ1) is 18.4. The molecule has 1 atom stereocenters. The Balaban J connectivity index is 1.58. The number of hydrogen-bond acceptors (Lipinski definition) is 4. The lowest BCUT2D eigenvalue weighted by molar-refractivity contribution is -0.116. The Morgan fingerprint density at radius 3 is 2.58 bits per heavy atom. The van der Waals surface area contributed by atoms with Crippen molar-refractivity contribution in [3.63, 3.8) is 0 Å². The van der Waals surface area contributed by atoms with Gasteiger partial charge in [-0.1, -0.05) is 66.2 Å². The molecule has 0 radical (unpaired) electrons. The van der Waals surface area contributed by atoms with Gasteiger partial charge in [-0.2, -0.15) is 9.78 Å². The molecule has 5 rings (SSSR count). The van der Waals surface area contributed by atoms with E-state index in [1.54, 1.807) is 12.3 Å². The van der Waals surface area contributed by atoms with Crippen LogP contribution in [-0.2, 0) is 11.3 Å². The number of carbonyl (C=O) groups is 1. The number of para-hydroxylation sites is 2. The third-order valence-electron chi connectivity index (χ3n) is 6.83. The quantitative estimate of drug-likeness (QED) is 0.228. The third-order valence-corrected chi connectivity index (χ3v) is 7.32. The molecule has 1 N–H and O–H groups in total. The Morgan fingerprint density at radius 1 is 1.08 bits per heavy atom. The molecule has 2 aromatic heterocycles. The van der Waals surface area contributed by atoms with Gasteiger partial charge in [-0.3, -0.25) is 9.59 Å². The normalized spacial score (nSPS) is 12.4. The van der Waals surface area contributed by atoms with Crippen molar-refractivity contribution in [2.75, 3.05) is 5.32 Å². The predicted octanol–water partition coefficient (Wildman–Crippen LogP) is 6.46. The molecule has 0 saturated heterocycles. The fraction of sp³-hybridized carbons (Fsp3) is 0.200. The van der Waals surface area contributed by atoms with E-state index in [1.807, 2.05) is 85.1 Å². The van der Waals surface area contributed by atoms with E-state index in [0.717, 1.165) is 38.7 Å². The first-order valence-corrected chi connectivity index (χ1v) is 13.4. The van der Waals surface area contributed by atoms with Crippen LogP contribution in [0.1, 0.15) is 43.3 Å². The fourth-order valence-corrected chi connectivity index (χ4v) is 4.95. The summed E-state index contributed by atoms with van der Waals surface area (Å²) in [5, 5.41) is 9.09. The number of benzene rings is 3. The Labute approximate surface area is 229 Å². The Bertz CT molecular complexity index is 1740. The summed E-state index contributed by atoms with van der Waals surface area (Å²) in [4.78, 5) is 31.2. The summed E-state index contributed by atoms with van der Waals surface area (Å²) in [6.07, 6.45) is 2.53. The lowest BCUT2D eigenvalue weighted by atomic mass is 10.1. The Kier molecular flexibility index (Phi) is 7.24. The van der Waals surface area contributed by atoms with E-state index in [9.17, 15) is 9.59 Å². The van der Waals surface area contributed by atoms with Crippen LogP contribution in [0.3, 0.4) is 0 Å². The van der Waals surface area contributed by atoms with Crippen LogP contribution in [0, 0.1) is 6.92 Å². The lowest BCUT2D eigenvalue weighted by Crippen LogP contribution is -2.23. The number of carbonyl (C=O) groups excluding carboxylic acids is 1. The van der Waals surface area contributed by atoms with Crippen molar-refractivity contribution >= 4 is 55.5 Å². The third kappa shape index (κ3) is 4.91. The zero-order valence-electron chi connectivity index (χ0n) is 21.5. The molecule has 38 heavy (non-hydrogen) atoms. The standard InChI is InChI=1S/C30H28BrN5O2/c1-4-19(2)29-34-26-15-14-21(31)16-24(26)30(38)36(29)32-17-25-20(3)35(27-13-9-8-12-23(25)27)18-28(37)33-22-10-6-5-7-11-22/h5-17,19H,4,18H2,1-3H3,(H,33,37)/t19-/m1/s1. The van der Waals surface area contributed by atoms with E-state index >= 15 is 0 Å². The number of nitrogens with one attached hydrogen (secondary N) is 1. The highest BCUT2D eigenvalue weighted by Crippen LogP contribution is 2.26. The van der Waals surface area contributed by atoms with Crippen LogP contribution in [0.15, 0.2) is 87.2 Å². The maximum Gasteiger partial charge on any atom is 0.282 e. The van der Waals surface area contributed by atoms with Crippen molar-refractivity contribution in [2.24, 2.45) is 5.10 Å². The molecular weight excluding hydrogens is 542 g/mol. The first kappa shape index (κ1) is 25.6. The second-order valence-corrected chi connectivity index (χ2v) is 10.2. The van der Waals surface area contributed by atoms with Crippen molar-refractivity contribution in [3.05, 3.63) is 105 Å². The Morgan fingerprint density at radius 2 is 1.82 bits per heavy atom. The number of anilines is 1. The van der Waals surface area contributed by atoms with Gasteiger partial charge in [-0.25, -0.2) is 4.98 Å². The molecule has 5 aromatic rings. The first-order valence-electron chi connectivity index (χ1n) is 12.6. The minimum absolute atomic E-state index is 0.0389. The second-order valence-electron chi connectivity index (χ2n) is 9.32. The largest absolute Gasteiger partial charge is 0.335 e. The van der Waals surface area contributed by atoms with Gasteiger partial charge < -0.3 is 9.88 Å². The maximum atomic E-state index is 13.5. The van der Waals surface area contributed by atoms with Crippen LogP contribution in [0.25, 0.3) is 21.8 Å². The molecule has 0 fully saturated rings. The number of fused-ring (bicyclic) bond motifs is 2. The van der Waals surface area contributed by atoms with Crippen molar-refractivity contribution < 1.29 is 4.79 Å². The molecule has 0 bridgehead atoms. The smallest absolute Gasteiger partial charge is 0.282 e. The molecule has 0 spiro atoms. The van der Waals surface area contributed by atoms with E-state index in [2.05, 4.69) is 33.3 Å². The molecule has 8 heteroatoms. The predicted molar refractivity (Wildman–Crippen MR) is 157 cm³/mol. The topological polar surface area (TPSA) is 81.3 Å². The Hall–Kier alpha value is -4.04. The van der Waals surface area contributed by atoms with E-state index in [1.165, 1.54) is 4.68 Å². The van der Waals surface area contributed by atoms with Crippen LogP contribution < -0.4 is 10.9 Å². The van der Waals surface area contributed by atoms with E-state index in [-0.39, 0.29) is 23.9 Å². The van der Waals surface area contributed by atoms with Gasteiger partial charge in [0.15, 0.2) is 0 Å². The molecule has 1 amide bonds. The summed E-state index contributed by atoms with van der Waals surface area (Å²) < 4.78 is 4.20. The molecule has 7 nitrogen and oxygen atoms in total. The highest BCUT2D eigenvalue weighted by Gasteiger charge is 2.18. The molecule has 0 saturated carbocycles. The van der Waals surface area contributed by atoms with Crippen LogP contribution in [0.2, 0.25) is 0 Å². The number of hydrogen-bond donors (Lipinski definition) is 1. The van der Waals surface area contributed by atoms with Crippen LogP contribution in [0.5, 0.6) is 0 Å². The molecule has 0 aliphatic heterocycles. The van der Waals surface area contributed by atoms with Gasteiger partial charge in [-0.15, -0.1) is 0 Å². The van der Waals surface area contributed by atoms with Crippen molar-refractivity contribution in [1.29, 1.82) is 0 Å². The molecule has 0 aliphatic carbocycles. The number of rotatable bonds is 7. The highest BCUT2D eigenvalue weighted by molar-refractivity contribution is 9.10. The second kappa shape index (κ2) is 10.8. The van der Waals surface area contributed by atoms with Gasteiger partial charge in [-0.05, 0) is 49.7 Å². The van der Waals surface area contributed by atoms with E-state index in [4.69, 9.17) is 4.98 Å². The minimum Gasteiger partial charge on any atom is -0.335 e. The SMILES string of the molecule is CC[C@@H](C)c1nc2ccc(Br)cc2c(=O)n1N=Cc1c(C)n(CC(=O)Nc2ccccc2)c2ccccc12. The molecule has 192 valence electrons.